The van der Waals surface area contributed by atoms with Crippen molar-refractivity contribution in [2.24, 2.45) is 0 Å². The third-order valence-corrected chi connectivity index (χ3v) is 16.8. The lowest BCUT2D eigenvalue weighted by Gasteiger charge is -2.11. The highest BCUT2D eigenvalue weighted by Gasteiger charge is 2.50. The van der Waals surface area contributed by atoms with Crippen molar-refractivity contribution in [3.05, 3.63) is 182 Å². The van der Waals surface area contributed by atoms with Gasteiger partial charge in [0.15, 0.2) is 22.7 Å². The van der Waals surface area contributed by atoms with E-state index in [1.165, 1.54) is 12.1 Å². The lowest BCUT2D eigenvalue weighted by molar-refractivity contribution is -0.0504. The van der Waals surface area contributed by atoms with E-state index < -0.39 is 42.8 Å². The lowest BCUT2D eigenvalue weighted by atomic mass is 9.90. The summed E-state index contributed by atoms with van der Waals surface area (Å²) in [4.78, 5) is 0. The van der Waals surface area contributed by atoms with Crippen LogP contribution >= 0.6 is 0 Å². The van der Waals surface area contributed by atoms with E-state index in [9.17, 15) is 43.2 Å². The van der Waals surface area contributed by atoms with Gasteiger partial charge in [0.25, 0.3) is 0 Å². The summed E-state index contributed by atoms with van der Waals surface area (Å²) in [7, 11) is -12.4. The average Bonchev–Trinajstić information content (AvgIpc) is 4.39. The van der Waals surface area contributed by atoms with E-state index in [2.05, 4.69) is 0 Å². The summed E-state index contributed by atoms with van der Waals surface area (Å²) in [5.74, 6) is -1.33. The molecular weight excluding hydrogens is 1070 g/mol. The molecule has 0 aliphatic heterocycles. The minimum atomic E-state index is -6.18. The summed E-state index contributed by atoms with van der Waals surface area (Å²) < 4.78 is 166. The van der Waals surface area contributed by atoms with Gasteiger partial charge in [-0.25, -0.2) is 0 Å². The number of benzene rings is 12. The minimum absolute atomic E-state index is 0.192. The third-order valence-electron chi connectivity index (χ3n) is 14.9. The molecule has 0 fully saturated rings. The number of hydrogen-bond acceptors (Lipinski definition) is 9. The summed E-state index contributed by atoms with van der Waals surface area (Å²) in [5, 5.41) is 10.6. The van der Waals surface area contributed by atoms with Gasteiger partial charge in [-0.1, -0.05) is 146 Å². The first-order valence-corrected chi connectivity index (χ1v) is 27.2. The molecule has 3 aromatic heterocycles. The van der Waals surface area contributed by atoms with E-state index in [0.717, 1.165) is 21.5 Å². The van der Waals surface area contributed by atoms with Gasteiger partial charge in [-0.2, -0.15) is 43.2 Å². The summed E-state index contributed by atoms with van der Waals surface area (Å²) in [6.07, 6.45) is 0. The van der Waals surface area contributed by atoms with Crippen LogP contribution in [0.15, 0.2) is 195 Å². The van der Waals surface area contributed by atoms with Crippen LogP contribution in [0, 0.1) is 0 Å². The zero-order valence-corrected chi connectivity index (χ0v) is 41.7. The minimum Gasteiger partial charge on any atom is -0.455 e. The van der Waals surface area contributed by atoms with Crippen molar-refractivity contribution < 1.29 is 64.8 Å². The number of hydrogen-bond donors (Lipinski definition) is 0. The first-order valence-electron chi connectivity index (χ1n) is 24.4. The molecule has 0 aliphatic rings. The van der Waals surface area contributed by atoms with Crippen LogP contribution in [0.3, 0.4) is 0 Å². The van der Waals surface area contributed by atoms with Crippen molar-refractivity contribution in [3.8, 4) is 33.8 Å². The molecule has 3 heterocycles. The highest BCUT2D eigenvalue weighted by atomic mass is 32.2. The maximum atomic E-state index is 14.1. The fraction of sp³-hybridized carbons (Fsp3) is 0.0323. The Kier molecular flexibility index (Phi) is 9.58. The maximum absolute atomic E-state index is 14.1. The Balaban J connectivity index is 1.10. The Morgan fingerprint density at radius 1 is 0.291 bits per heavy atom. The first-order chi connectivity index (χ1) is 37.9. The van der Waals surface area contributed by atoms with Crippen molar-refractivity contribution in [2.75, 3.05) is 0 Å². The Bertz CT molecular complexity index is 5130. The van der Waals surface area contributed by atoms with Crippen molar-refractivity contribution in [1.82, 2.24) is 0 Å². The van der Waals surface area contributed by atoms with Gasteiger partial charge in [0.05, 0.1) is 0 Å². The second-order valence-corrected chi connectivity index (χ2v) is 22.3. The second kappa shape index (κ2) is 16.1. The van der Waals surface area contributed by atoms with Crippen LogP contribution in [0.2, 0.25) is 0 Å². The highest BCUT2D eigenvalue weighted by Crippen LogP contribution is 2.54. The molecule has 15 aromatic rings. The Labute approximate surface area is 440 Å². The number of rotatable bonds is 6. The molecule has 17 heteroatoms. The van der Waals surface area contributed by atoms with E-state index in [1.54, 1.807) is 48.5 Å². The molecule has 0 radical (unpaired) electrons. The fourth-order valence-corrected chi connectivity index (χ4v) is 12.5. The number of fused-ring (bicyclic) bond motifs is 21. The zero-order valence-electron chi connectivity index (χ0n) is 40.1. The second-order valence-electron chi connectivity index (χ2n) is 19.3. The fourth-order valence-electron chi connectivity index (χ4n) is 11.6. The molecule has 0 bridgehead atoms. The van der Waals surface area contributed by atoms with Gasteiger partial charge in [0.2, 0.25) is 0 Å². The molecule has 0 saturated carbocycles. The van der Waals surface area contributed by atoms with Gasteiger partial charge in [0, 0.05) is 54.6 Å². The molecule has 0 unspecified atom stereocenters. The molecule has 9 nitrogen and oxygen atoms in total. The van der Waals surface area contributed by atoms with Gasteiger partial charge >= 0.3 is 31.3 Å². The standard InChI is InChI=1S/C62H30F6O9S2/c63-61(64,65)78(69,70)76-47-29-35-17-5-11-23-41(35)53-51-39-21-9-3-15-33(39)27-45(57(51)74-59(47)53)43-25-31-13-1-7-19-37(31)49-50-38-20-8-2-14-32(38)26-44(56(50)73-55(43)49)46-28-34-16-4-10-22-40(34)52-54-42-24-12-6-18-36(42)30-48(60(54)75-58(46)52)77-79(71,72)62(66,67)68/h1-30H. The summed E-state index contributed by atoms with van der Waals surface area (Å²) >= 11 is 0. The van der Waals surface area contributed by atoms with Crippen molar-refractivity contribution >= 4 is 151 Å². The zero-order chi connectivity index (χ0) is 54.1. The van der Waals surface area contributed by atoms with Crippen LogP contribution in [-0.2, 0) is 20.2 Å². The molecule has 0 spiro atoms. The van der Waals surface area contributed by atoms with Crippen molar-refractivity contribution in [2.45, 2.75) is 11.0 Å². The summed E-state index contributed by atoms with van der Waals surface area (Å²) in [6.45, 7) is 0. The molecule has 0 aliphatic carbocycles. The molecule has 0 N–H and O–H groups in total. The summed E-state index contributed by atoms with van der Waals surface area (Å²) in [5.41, 5.74) is -9.00. The van der Waals surface area contributed by atoms with Crippen LogP contribution in [0.5, 0.6) is 11.5 Å². The maximum Gasteiger partial charge on any atom is 0.534 e. The molecule has 386 valence electrons. The van der Waals surface area contributed by atoms with Gasteiger partial charge in [0.1, 0.15) is 22.3 Å². The third kappa shape index (κ3) is 6.75. The van der Waals surface area contributed by atoms with E-state index in [1.807, 2.05) is 121 Å². The Hall–Kier alpha value is -9.32. The molecule has 12 aromatic carbocycles. The van der Waals surface area contributed by atoms with Crippen LogP contribution < -0.4 is 8.37 Å². The molecule has 0 saturated heterocycles. The van der Waals surface area contributed by atoms with Gasteiger partial charge in [-0.05, 0) is 101 Å². The molecule has 0 atom stereocenters. The number of halogens is 6. The summed E-state index contributed by atoms with van der Waals surface area (Å²) in [6, 6.07) is 53.8. The van der Waals surface area contributed by atoms with Crippen molar-refractivity contribution in [3.63, 3.8) is 0 Å². The van der Waals surface area contributed by atoms with E-state index in [0.29, 0.717) is 109 Å². The van der Waals surface area contributed by atoms with E-state index in [-0.39, 0.29) is 22.3 Å². The van der Waals surface area contributed by atoms with Crippen molar-refractivity contribution in [1.29, 1.82) is 0 Å². The van der Waals surface area contributed by atoms with E-state index in [4.69, 9.17) is 21.6 Å². The average molecular weight is 1100 g/mol. The number of alkyl halides is 6. The number of furan rings is 3. The monoisotopic (exact) mass is 1100 g/mol. The lowest BCUT2D eigenvalue weighted by Crippen LogP contribution is -2.28. The molecule has 79 heavy (non-hydrogen) atoms. The highest BCUT2D eigenvalue weighted by molar-refractivity contribution is 7.88. The Morgan fingerprint density at radius 2 is 0.494 bits per heavy atom. The normalized spacial score (nSPS) is 13.1. The Morgan fingerprint density at radius 3 is 0.734 bits per heavy atom. The SMILES string of the molecule is O=S(=O)(Oc1cc2ccccc2c2c1oc1c(-c3cc4ccccc4c4c3oc3c(-c5cc6ccccc6c6c5oc5c(OS(=O)(=O)C(F)(F)F)cc7ccccc7c56)cc5ccccc5c34)cc3ccccc3c12)C(F)(F)F. The van der Waals surface area contributed by atoms with Gasteiger partial charge in [-0.3, -0.25) is 0 Å². The van der Waals surface area contributed by atoms with Crippen LogP contribution in [0.4, 0.5) is 26.3 Å². The predicted molar refractivity (Wildman–Crippen MR) is 295 cm³/mol. The molecular formula is C62H30F6O9S2. The van der Waals surface area contributed by atoms with Crippen LogP contribution in [0.25, 0.3) is 153 Å². The van der Waals surface area contributed by atoms with Crippen LogP contribution in [0.1, 0.15) is 0 Å². The van der Waals surface area contributed by atoms with Crippen LogP contribution in [-0.4, -0.2) is 27.9 Å². The van der Waals surface area contributed by atoms with Gasteiger partial charge in [-0.15, -0.1) is 0 Å². The molecule has 15 rings (SSSR count). The largest absolute Gasteiger partial charge is 0.534 e. The predicted octanol–water partition coefficient (Wildman–Crippen LogP) is 18.1. The first kappa shape index (κ1) is 46.9. The van der Waals surface area contributed by atoms with E-state index >= 15 is 0 Å². The molecule has 0 amide bonds. The van der Waals surface area contributed by atoms with Gasteiger partial charge < -0.3 is 21.6 Å². The topological polar surface area (TPSA) is 126 Å². The quantitative estimate of drug-likeness (QED) is 0.0909. The smallest absolute Gasteiger partial charge is 0.455 e.